The van der Waals surface area contributed by atoms with Gasteiger partial charge >= 0.3 is 0 Å². The van der Waals surface area contributed by atoms with E-state index in [1.165, 1.54) is 0 Å². The van der Waals surface area contributed by atoms with Crippen molar-refractivity contribution in [3.05, 3.63) is 0 Å². The summed E-state index contributed by atoms with van der Waals surface area (Å²) in [7, 11) is -3.09. The third-order valence-electron chi connectivity index (χ3n) is 3.79. The molecule has 0 aromatic heterocycles. The number of nitrogens with one attached hydrogen (secondary N) is 2. The molecule has 0 radical (unpaired) electrons. The predicted molar refractivity (Wildman–Crippen MR) is 79.8 cm³/mol. The molecule has 1 saturated heterocycles. The highest BCUT2D eigenvalue weighted by Crippen LogP contribution is 2.09. The zero-order valence-electron chi connectivity index (χ0n) is 12.3. The first-order valence-corrected chi connectivity index (χ1v) is 9.13. The molecule has 2 N–H and O–H groups in total. The van der Waals surface area contributed by atoms with Gasteiger partial charge in [0.25, 0.3) is 0 Å². The van der Waals surface area contributed by atoms with E-state index in [0.717, 1.165) is 52.0 Å². The second-order valence-corrected chi connectivity index (χ2v) is 7.15. The Kier molecular flexibility index (Phi) is 7.90. The molecule has 0 aliphatic carbocycles. The van der Waals surface area contributed by atoms with E-state index in [1.54, 1.807) is 0 Å². The molecule has 0 aromatic rings. The molecule has 0 spiro atoms. The van der Waals surface area contributed by atoms with Gasteiger partial charge in [0, 0.05) is 32.7 Å². The lowest BCUT2D eigenvalue weighted by Gasteiger charge is -2.27. The van der Waals surface area contributed by atoms with Crippen LogP contribution in [0.1, 0.15) is 33.1 Å². The molecule has 1 aliphatic rings. The molecule has 1 fully saturated rings. The zero-order valence-corrected chi connectivity index (χ0v) is 13.1. The quantitative estimate of drug-likeness (QED) is 0.612. The molecule has 114 valence electrons. The molecule has 0 saturated carbocycles. The molecule has 1 aliphatic heterocycles. The van der Waals surface area contributed by atoms with Crippen LogP contribution < -0.4 is 10.0 Å². The van der Waals surface area contributed by atoms with Gasteiger partial charge in [-0.3, -0.25) is 0 Å². The first-order valence-electron chi connectivity index (χ1n) is 7.47. The predicted octanol–water partition coefficient (Wildman–Crippen LogP) is 0.637. The number of sulfonamides is 1. The SMILES string of the molecule is CCC(CC)CS(=O)(=O)NCCCN1CCNCC1. The largest absolute Gasteiger partial charge is 0.314 e. The van der Waals surface area contributed by atoms with Crippen molar-refractivity contribution < 1.29 is 8.42 Å². The topological polar surface area (TPSA) is 61.4 Å². The van der Waals surface area contributed by atoms with E-state index >= 15 is 0 Å². The Morgan fingerprint density at radius 3 is 2.42 bits per heavy atom. The average molecular weight is 291 g/mol. The fourth-order valence-corrected chi connectivity index (χ4v) is 4.02. The summed E-state index contributed by atoms with van der Waals surface area (Å²) in [5.74, 6) is 0.554. The highest BCUT2D eigenvalue weighted by Gasteiger charge is 2.16. The summed E-state index contributed by atoms with van der Waals surface area (Å²) in [6, 6.07) is 0. The number of rotatable bonds is 9. The lowest BCUT2D eigenvalue weighted by Crippen LogP contribution is -2.44. The van der Waals surface area contributed by atoms with Crippen LogP contribution in [0.2, 0.25) is 0 Å². The monoisotopic (exact) mass is 291 g/mol. The molecule has 0 atom stereocenters. The molecule has 0 bridgehead atoms. The van der Waals surface area contributed by atoms with Gasteiger partial charge in [0.05, 0.1) is 5.75 Å². The van der Waals surface area contributed by atoms with Crippen molar-refractivity contribution in [2.75, 3.05) is 45.0 Å². The van der Waals surface area contributed by atoms with Crippen molar-refractivity contribution >= 4 is 10.0 Å². The van der Waals surface area contributed by atoms with Crippen LogP contribution in [0, 0.1) is 5.92 Å². The third kappa shape index (κ3) is 7.25. The lowest BCUT2D eigenvalue weighted by atomic mass is 10.1. The molecule has 6 heteroatoms. The van der Waals surface area contributed by atoms with E-state index in [2.05, 4.69) is 14.9 Å². The summed E-state index contributed by atoms with van der Waals surface area (Å²) in [5, 5.41) is 3.31. The molecule has 1 heterocycles. The minimum absolute atomic E-state index is 0.271. The zero-order chi connectivity index (χ0) is 14.1. The van der Waals surface area contributed by atoms with Crippen LogP contribution in [0.25, 0.3) is 0 Å². The third-order valence-corrected chi connectivity index (χ3v) is 5.35. The van der Waals surface area contributed by atoms with E-state index in [1.807, 2.05) is 13.8 Å². The Hall–Kier alpha value is -0.170. The molecule has 0 amide bonds. The highest BCUT2D eigenvalue weighted by molar-refractivity contribution is 7.89. The van der Waals surface area contributed by atoms with Crippen LogP contribution >= 0.6 is 0 Å². The maximum Gasteiger partial charge on any atom is 0.211 e. The molecule has 0 aromatic carbocycles. The molecule has 0 unspecified atom stereocenters. The Balaban J connectivity index is 2.16. The maximum absolute atomic E-state index is 11.9. The van der Waals surface area contributed by atoms with Gasteiger partial charge in [-0.1, -0.05) is 26.7 Å². The van der Waals surface area contributed by atoms with Crippen LogP contribution in [0.5, 0.6) is 0 Å². The van der Waals surface area contributed by atoms with Gasteiger partial charge in [0.1, 0.15) is 0 Å². The number of piperazine rings is 1. The smallest absolute Gasteiger partial charge is 0.211 e. The first-order chi connectivity index (χ1) is 9.07. The molecule has 1 rings (SSSR count). The molecular formula is C13H29N3O2S. The average Bonchev–Trinajstić information content (AvgIpc) is 2.42. The van der Waals surface area contributed by atoms with E-state index in [-0.39, 0.29) is 11.7 Å². The number of nitrogens with zero attached hydrogens (tertiary/aromatic N) is 1. The summed E-state index contributed by atoms with van der Waals surface area (Å²) < 4.78 is 26.5. The van der Waals surface area contributed by atoms with Crippen molar-refractivity contribution in [3.63, 3.8) is 0 Å². The van der Waals surface area contributed by atoms with E-state index in [4.69, 9.17) is 0 Å². The second-order valence-electron chi connectivity index (χ2n) is 5.30. The van der Waals surface area contributed by atoms with Crippen LogP contribution in [0.4, 0.5) is 0 Å². The van der Waals surface area contributed by atoms with Gasteiger partial charge in [-0.15, -0.1) is 0 Å². The van der Waals surface area contributed by atoms with Gasteiger partial charge in [-0.25, -0.2) is 13.1 Å². The molecular weight excluding hydrogens is 262 g/mol. The second kappa shape index (κ2) is 8.89. The Bertz CT molecular complexity index is 323. The number of hydrogen-bond acceptors (Lipinski definition) is 4. The summed E-state index contributed by atoms with van der Waals surface area (Å²) >= 11 is 0. The van der Waals surface area contributed by atoms with Gasteiger partial charge in [0.15, 0.2) is 0 Å². The van der Waals surface area contributed by atoms with Crippen LogP contribution in [0.3, 0.4) is 0 Å². The van der Waals surface area contributed by atoms with Gasteiger partial charge < -0.3 is 10.2 Å². The first kappa shape index (κ1) is 16.9. The summed E-state index contributed by atoms with van der Waals surface area (Å²) in [4.78, 5) is 2.38. The van der Waals surface area contributed by atoms with E-state index in [9.17, 15) is 8.42 Å². The minimum atomic E-state index is -3.09. The normalized spacial score (nSPS) is 18.1. The maximum atomic E-state index is 11.9. The Labute approximate surface area is 118 Å². The fraction of sp³-hybridized carbons (Fsp3) is 1.00. The van der Waals surface area contributed by atoms with Crippen LogP contribution in [-0.4, -0.2) is 58.3 Å². The van der Waals surface area contributed by atoms with Gasteiger partial charge in [0.2, 0.25) is 10.0 Å². The van der Waals surface area contributed by atoms with Gasteiger partial charge in [-0.2, -0.15) is 0 Å². The van der Waals surface area contributed by atoms with Crippen molar-refractivity contribution in [1.82, 2.24) is 14.9 Å². The molecule has 5 nitrogen and oxygen atoms in total. The minimum Gasteiger partial charge on any atom is -0.314 e. The van der Waals surface area contributed by atoms with Crippen molar-refractivity contribution in [1.29, 1.82) is 0 Å². The van der Waals surface area contributed by atoms with E-state index in [0.29, 0.717) is 6.54 Å². The van der Waals surface area contributed by atoms with Gasteiger partial charge in [-0.05, 0) is 18.9 Å². The summed E-state index contributed by atoms with van der Waals surface area (Å²) in [5.41, 5.74) is 0. The Morgan fingerprint density at radius 1 is 1.21 bits per heavy atom. The van der Waals surface area contributed by atoms with Crippen molar-refractivity contribution in [2.24, 2.45) is 5.92 Å². The number of hydrogen-bond donors (Lipinski definition) is 2. The summed E-state index contributed by atoms with van der Waals surface area (Å²) in [6.07, 6.45) is 2.75. The van der Waals surface area contributed by atoms with Crippen molar-refractivity contribution in [2.45, 2.75) is 33.1 Å². The van der Waals surface area contributed by atoms with Crippen LogP contribution in [0.15, 0.2) is 0 Å². The van der Waals surface area contributed by atoms with Crippen LogP contribution in [-0.2, 0) is 10.0 Å². The van der Waals surface area contributed by atoms with E-state index < -0.39 is 10.0 Å². The summed E-state index contributed by atoms with van der Waals surface area (Å²) in [6.45, 7) is 9.87. The lowest BCUT2D eigenvalue weighted by molar-refractivity contribution is 0.239. The van der Waals surface area contributed by atoms with Crippen molar-refractivity contribution in [3.8, 4) is 0 Å². The fourth-order valence-electron chi connectivity index (χ4n) is 2.36. The Morgan fingerprint density at radius 2 is 1.84 bits per heavy atom. The standard InChI is InChI=1S/C13H29N3O2S/c1-3-13(4-2)12-19(17,18)15-6-5-9-16-10-7-14-8-11-16/h13-15H,3-12H2,1-2H3. The molecule has 19 heavy (non-hydrogen) atoms. The highest BCUT2D eigenvalue weighted by atomic mass is 32.2.